The van der Waals surface area contributed by atoms with E-state index in [1.165, 1.54) is 23.2 Å². The molecule has 0 fully saturated rings. The molecule has 3 heterocycles. The minimum absolute atomic E-state index is 0.0845. The van der Waals surface area contributed by atoms with Crippen LogP contribution in [0.15, 0.2) is 64.7 Å². The Balaban J connectivity index is 1.52. The lowest BCUT2D eigenvalue weighted by Crippen LogP contribution is -2.22. The maximum Gasteiger partial charge on any atom is 0.343 e. The smallest absolute Gasteiger partial charge is 0.343 e. The van der Waals surface area contributed by atoms with Gasteiger partial charge >= 0.3 is 5.97 Å². The highest BCUT2D eigenvalue weighted by Gasteiger charge is 2.26. The van der Waals surface area contributed by atoms with Crippen LogP contribution >= 0.6 is 11.3 Å². The van der Waals surface area contributed by atoms with Crippen molar-refractivity contribution in [1.82, 2.24) is 9.55 Å². The van der Waals surface area contributed by atoms with Crippen LogP contribution in [0, 0.1) is 18.3 Å². The maximum atomic E-state index is 12.7. The Kier molecular flexibility index (Phi) is 5.87. The summed E-state index contributed by atoms with van der Waals surface area (Å²) in [6.45, 7) is 2.96. The third-order valence-corrected chi connectivity index (χ3v) is 5.51. The van der Waals surface area contributed by atoms with Crippen molar-refractivity contribution in [3.05, 3.63) is 82.8 Å². The molecule has 32 heavy (non-hydrogen) atoms. The molecule has 1 amide bonds. The molecule has 160 valence electrons. The van der Waals surface area contributed by atoms with Gasteiger partial charge in [0, 0.05) is 24.7 Å². The molecule has 0 radical (unpaired) electrons. The van der Waals surface area contributed by atoms with Crippen LogP contribution in [0.3, 0.4) is 0 Å². The molecule has 0 aliphatic rings. The van der Waals surface area contributed by atoms with Gasteiger partial charge in [-0.15, -0.1) is 11.3 Å². The Morgan fingerprint density at radius 3 is 2.59 bits per heavy atom. The molecule has 4 aromatic rings. The van der Waals surface area contributed by atoms with Crippen LogP contribution < -0.4 is 4.90 Å². The summed E-state index contributed by atoms with van der Waals surface area (Å²) in [5.74, 6) is -0.305. The molecule has 0 saturated carbocycles. The van der Waals surface area contributed by atoms with Gasteiger partial charge in [-0.25, -0.2) is 9.78 Å². The highest BCUT2D eigenvalue weighted by molar-refractivity contribution is 7.14. The fourth-order valence-corrected chi connectivity index (χ4v) is 4.08. The van der Waals surface area contributed by atoms with Crippen LogP contribution in [0.2, 0.25) is 0 Å². The Morgan fingerprint density at radius 2 is 1.94 bits per heavy atom. The molecule has 0 N–H and O–H groups in total. The maximum absolute atomic E-state index is 12.7. The van der Waals surface area contributed by atoms with Crippen molar-refractivity contribution < 1.29 is 18.7 Å². The molecule has 3 aromatic heterocycles. The van der Waals surface area contributed by atoms with Crippen LogP contribution in [0.5, 0.6) is 0 Å². The molecular formula is C23H18N4O4S. The lowest BCUT2D eigenvalue weighted by atomic mass is 10.1. The lowest BCUT2D eigenvalue weighted by Gasteiger charge is -2.17. The largest absolute Gasteiger partial charge is 0.455 e. The summed E-state index contributed by atoms with van der Waals surface area (Å²) in [7, 11) is 0. The van der Waals surface area contributed by atoms with Gasteiger partial charge in [-0.05, 0) is 31.2 Å². The van der Waals surface area contributed by atoms with E-state index < -0.39 is 5.97 Å². The fourth-order valence-electron chi connectivity index (χ4n) is 3.21. The number of carbonyl (C=O) groups excluding carboxylic acids is 2. The van der Waals surface area contributed by atoms with E-state index in [-0.39, 0.29) is 29.5 Å². The number of hydrogen-bond donors (Lipinski definition) is 0. The number of rotatable bonds is 6. The molecule has 0 saturated heterocycles. The molecule has 0 aliphatic heterocycles. The average Bonchev–Trinajstić information content (AvgIpc) is 3.53. The minimum Gasteiger partial charge on any atom is -0.455 e. The van der Waals surface area contributed by atoms with Crippen molar-refractivity contribution in [3.63, 3.8) is 0 Å². The number of amides is 1. The van der Waals surface area contributed by atoms with Crippen molar-refractivity contribution in [1.29, 1.82) is 5.26 Å². The van der Waals surface area contributed by atoms with E-state index in [1.807, 2.05) is 36.4 Å². The third-order valence-electron chi connectivity index (χ3n) is 4.63. The van der Waals surface area contributed by atoms with E-state index in [9.17, 15) is 14.9 Å². The number of anilines is 2. The van der Waals surface area contributed by atoms with Gasteiger partial charge in [0.25, 0.3) is 0 Å². The number of nitrogens with zero attached hydrogens (tertiary/aromatic N) is 4. The number of nitriles is 1. The first-order valence-corrected chi connectivity index (χ1v) is 10.5. The monoisotopic (exact) mass is 446 g/mol. The number of hydrogen-bond acceptors (Lipinski definition) is 7. The molecule has 0 spiro atoms. The van der Waals surface area contributed by atoms with E-state index >= 15 is 0 Å². The molecule has 0 atom stereocenters. The van der Waals surface area contributed by atoms with Gasteiger partial charge in [0.05, 0.1) is 11.4 Å². The Hall–Kier alpha value is -4.16. The number of esters is 1. The molecule has 8 nitrogen and oxygen atoms in total. The summed E-state index contributed by atoms with van der Waals surface area (Å²) in [5.41, 5.74) is 1.38. The van der Waals surface area contributed by atoms with Crippen molar-refractivity contribution in [3.8, 4) is 12.0 Å². The summed E-state index contributed by atoms with van der Waals surface area (Å²) in [6, 6.07) is 14.8. The predicted octanol–water partition coefficient (Wildman–Crippen LogP) is 4.75. The summed E-state index contributed by atoms with van der Waals surface area (Å²) < 4.78 is 12.7. The van der Waals surface area contributed by atoms with E-state index in [2.05, 4.69) is 4.98 Å². The number of furan rings is 1. The number of aryl methyl sites for hydroxylation is 1. The molecule has 1 aromatic carbocycles. The standard InChI is InChI=1S/C23H18N4O4S/c1-15-20(19(12-24)21(31-15)26-10-6-7-11-26)22(29)30-13-17-14-32-23(25-17)27(16(2)28)18-8-4-3-5-9-18/h3-11,14H,13H2,1-2H3. The van der Waals surface area contributed by atoms with E-state index in [1.54, 1.807) is 41.4 Å². The second-order valence-corrected chi connectivity index (χ2v) is 7.64. The quantitative estimate of drug-likeness (QED) is 0.396. The van der Waals surface area contributed by atoms with Crippen molar-refractivity contribution >= 4 is 34.0 Å². The van der Waals surface area contributed by atoms with Crippen molar-refractivity contribution in [2.75, 3.05) is 4.90 Å². The minimum atomic E-state index is -0.678. The topological polar surface area (TPSA) is 101 Å². The van der Waals surface area contributed by atoms with Crippen LogP contribution in [-0.2, 0) is 16.1 Å². The average molecular weight is 446 g/mol. The summed E-state index contributed by atoms with van der Waals surface area (Å²) >= 11 is 1.27. The number of ether oxygens (including phenoxy) is 1. The Labute approximate surface area is 187 Å². The number of benzene rings is 1. The first kappa shape index (κ1) is 21.1. The molecular weight excluding hydrogens is 428 g/mol. The zero-order valence-corrected chi connectivity index (χ0v) is 18.1. The second-order valence-electron chi connectivity index (χ2n) is 6.80. The number of thiazole rings is 1. The van der Waals surface area contributed by atoms with Gasteiger partial charge < -0.3 is 9.15 Å². The molecule has 4 rings (SSSR count). The van der Waals surface area contributed by atoms with E-state index in [4.69, 9.17) is 9.15 Å². The fraction of sp³-hybridized carbons (Fsp3) is 0.130. The van der Waals surface area contributed by atoms with Crippen LogP contribution in [-0.4, -0.2) is 21.4 Å². The zero-order valence-electron chi connectivity index (χ0n) is 17.3. The zero-order chi connectivity index (χ0) is 22.7. The van der Waals surface area contributed by atoms with Gasteiger partial charge in [0.1, 0.15) is 29.6 Å². The highest BCUT2D eigenvalue weighted by Crippen LogP contribution is 2.30. The van der Waals surface area contributed by atoms with Crippen LogP contribution in [0.1, 0.15) is 34.3 Å². The van der Waals surface area contributed by atoms with Gasteiger partial charge in [0.2, 0.25) is 11.8 Å². The van der Waals surface area contributed by atoms with E-state index in [0.717, 1.165) is 0 Å². The number of para-hydroxylation sites is 1. The SMILES string of the molecule is CC(=O)N(c1ccccc1)c1nc(COC(=O)c2c(C)oc(-n3cccc3)c2C#N)cs1. The van der Waals surface area contributed by atoms with Crippen molar-refractivity contribution in [2.45, 2.75) is 20.5 Å². The van der Waals surface area contributed by atoms with Crippen LogP contribution in [0.4, 0.5) is 10.8 Å². The first-order valence-electron chi connectivity index (χ1n) is 9.63. The van der Waals surface area contributed by atoms with Gasteiger partial charge in [-0.2, -0.15) is 5.26 Å². The third kappa shape index (κ3) is 4.04. The Morgan fingerprint density at radius 1 is 1.22 bits per heavy atom. The summed E-state index contributed by atoms with van der Waals surface area (Å²) in [4.78, 5) is 30.8. The molecule has 0 unspecified atom stereocenters. The Bertz CT molecular complexity index is 1300. The van der Waals surface area contributed by atoms with Crippen molar-refractivity contribution in [2.24, 2.45) is 0 Å². The van der Waals surface area contributed by atoms with Gasteiger partial charge in [0.15, 0.2) is 5.13 Å². The predicted molar refractivity (Wildman–Crippen MR) is 118 cm³/mol. The lowest BCUT2D eigenvalue weighted by molar-refractivity contribution is -0.115. The highest BCUT2D eigenvalue weighted by atomic mass is 32.1. The number of aromatic nitrogens is 2. The molecule has 0 aliphatic carbocycles. The van der Waals surface area contributed by atoms with Gasteiger partial charge in [-0.3, -0.25) is 14.3 Å². The normalized spacial score (nSPS) is 10.5. The number of carbonyl (C=O) groups is 2. The first-order chi connectivity index (χ1) is 15.5. The van der Waals surface area contributed by atoms with Crippen LogP contribution in [0.25, 0.3) is 5.88 Å². The summed E-state index contributed by atoms with van der Waals surface area (Å²) in [6.07, 6.45) is 3.44. The second kappa shape index (κ2) is 8.91. The van der Waals surface area contributed by atoms with Gasteiger partial charge in [-0.1, -0.05) is 18.2 Å². The summed E-state index contributed by atoms with van der Waals surface area (Å²) in [5, 5.41) is 11.8. The molecule has 0 bridgehead atoms. The van der Waals surface area contributed by atoms with E-state index in [0.29, 0.717) is 22.3 Å². The molecule has 9 heteroatoms.